The average molecular weight is 321 g/mol. The summed E-state index contributed by atoms with van der Waals surface area (Å²) in [6.07, 6.45) is 1.44. The van der Waals surface area contributed by atoms with Gasteiger partial charge in [-0.3, -0.25) is 9.80 Å². The van der Waals surface area contributed by atoms with Crippen LogP contribution in [0.25, 0.3) is 0 Å². The van der Waals surface area contributed by atoms with Crippen LogP contribution in [0, 0.1) is 0 Å². The fourth-order valence-corrected chi connectivity index (χ4v) is 3.53. The lowest BCUT2D eigenvalue weighted by molar-refractivity contribution is -0.107. The summed E-state index contributed by atoms with van der Waals surface area (Å²) < 4.78 is 16.5. The molecule has 3 heterocycles. The number of nitrogens with zero attached hydrogens (tertiary/aromatic N) is 3. The zero-order valence-electron chi connectivity index (χ0n) is 14.1. The van der Waals surface area contributed by atoms with Crippen LogP contribution in [-0.4, -0.2) is 80.5 Å². The highest BCUT2D eigenvalue weighted by Gasteiger charge is 2.36. The SMILES string of the molecule is COCCN1CCO[C@H]2CCN(Cc3cccc(OC)n3)C[C@@H]21. The van der Waals surface area contributed by atoms with Crippen molar-refractivity contribution in [1.82, 2.24) is 14.8 Å². The number of likely N-dealkylation sites (tertiary alicyclic amines) is 1. The van der Waals surface area contributed by atoms with Crippen LogP contribution in [0.1, 0.15) is 12.1 Å². The Kier molecular flexibility index (Phi) is 5.83. The Balaban J connectivity index is 1.61. The quantitative estimate of drug-likeness (QED) is 0.779. The van der Waals surface area contributed by atoms with Crippen LogP contribution in [0.4, 0.5) is 0 Å². The molecule has 0 aromatic carbocycles. The zero-order chi connectivity index (χ0) is 16.1. The second-order valence-corrected chi connectivity index (χ2v) is 6.20. The number of hydrogen-bond donors (Lipinski definition) is 0. The first-order valence-corrected chi connectivity index (χ1v) is 8.37. The lowest BCUT2D eigenvalue weighted by Crippen LogP contribution is -2.60. The molecule has 2 atom stereocenters. The largest absolute Gasteiger partial charge is 0.481 e. The highest BCUT2D eigenvalue weighted by Crippen LogP contribution is 2.24. The molecule has 0 amide bonds. The van der Waals surface area contributed by atoms with Crippen LogP contribution < -0.4 is 4.74 Å². The monoisotopic (exact) mass is 321 g/mol. The molecule has 6 heteroatoms. The summed E-state index contributed by atoms with van der Waals surface area (Å²) in [4.78, 5) is 9.52. The van der Waals surface area contributed by atoms with Crippen molar-refractivity contribution in [2.24, 2.45) is 0 Å². The average Bonchev–Trinajstić information content (AvgIpc) is 2.60. The minimum Gasteiger partial charge on any atom is -0.481 e. The summed E-state index contributed by atoms with van der Waals surface area (Å²) in [6.45, 7) is 6.52. The van der Waals surface area contributed by atoms with Gasteiger partial charge < -0.3 is 14.2 Å². The zero-order valence-corrected chi connectivity index (χ0v) is 14.1. The van der Waals surface area contributed by atoms with Crippen LogP contribution in [0.3, 0.4) is 0 Å². The van der Waals surface area contributed by atoms with Crippen molar-refractivity contribution in [1.29, 1.82) is 0 Å². The summed E-state index contributed by atoms with van der Waals surface area (Å²) in [5, 5.41) is 0. The number of aromatic nitrogens is 1. The van der Waals surface area contributed by atoms with Gasteiger partial charge in [0, 0.05) is 51.9 Å². The molecule has 128 valence electrons. The fourth-order valence-electron chi connectivity index (χ4n) is 3.53. The summed E-state index contributed by atoms with van der Waals surface area (Å²) in [5.74, 6) is 0.681. The van der Waals surface area contributed by atoms with E-state index in [2.05, 4.69) is 20.9 Å². The number of piperidine rings is 1. The molecule has 0 aliphatic carbocycles. The maximum atomic E-state index is 5.98. The van der Waals surface area contributed by atoms with E-state index in [1.54, 1.807) is 14.2 Å². The summed E-state index contributed by atoms with van der Waals surface area (Å²) in [6, 6.07) is 6.41. The lowest BCUT2D eigenvalue weighted by atomic mass is 9.98. The fraction of sp³-hybridized carbons (Fsp3) is 0.706. The van der Waals surface area contributed by atoms with Crippen molar-refractivity contribution in [3.05, 3.63) is 23.9 Å². The van der Waals surface area contributed by atoms with Crippen molar-refractivity contribution in [3.8, 4) is 5.88 Å². The van der Waals surface area contributed by atoms with Crippen LogP contribution in [-0.2, 0) is 16.0 Å². The molecule has 0 unspecified atom stereocenters. The Morgan fingerprint density at radius 3 is 3.04 bits per heavy atom. The number of morpholine rings is 1. The highest BCUT2D eigenvalue weighted by molar-refractivity contribution is 5.15. The summed E-state index contributed by atoms with van der Waals surface area (Å²) in [5.41, 5.74) is 1.06. The maximum Gasteiger partial charge on any atom is 0.213 e. The van der Waals surface area contributed by atoms with Crippen molar-refractivity contribution in [3.63, 3.8) is 0 Å². The third-order valence-corrected chi connectivity index (χ3v) is 4.74. The van der Waals surface area contributed by atoms with Gasteiger partial charge in [0.1, 0.15) is 0 Å². The van der Waals surface area contributed by atoms with E-state index < -0.39 is 0 Å². The van der Waals surface area contributed by atoms with Gasteiger partial charge in [0.05, 0.1) is 32.1 Å². The Morgan fingerprint density at radius 2 is 2.22 bits per heavy atom. The summed E-state index contributed by atoms with van der Waals surface area (Å²) >= 11 is 0. The Morgan fingerprint density at radius 1 is 1.30 bits per heavy atom. The maximum absolute atomic E-state index is 5.98. The van der Waals surface area contributed by atoms with E-state index >= 15 is 0 Å². The minimum atomic E-state index is 0.357. The van der Waals surface area contributed by atoms with Crippen molar-refractivity contribution in [2.45, 2.75) is 25.1 Å². The van der Waals surface area contributed by atoms with Gasteiger partial charge in [-0.05, 0) is 12.5 Å². The van der Waals surface area contributed by atoms with E-state index in [1.165, 1.54) is 0 Å². The van der Waals surface area contributed by atoms with Gasteiger partial charge in [-0.25, -0.2) is 4.98 Å². The molecular weight excluding hydrogens is 294 g/mol. The number of fused-ring (bicyclic) bond motifs is 1. The van der Waals surface area contributed by atoms with E-state index in [4.69, 9.17) is 14.2 Å². The number of rotatable bonds is 6. The smallest absolute Gasteiger partial charge is 0.213 e. The van der Waals surface area contributed by atoms with Crippen LogP contribution in [0.5, 0.6) is 5.88 Å². The van der Waals surface area contributed by atoms with Gasteiger partial charge in [0.15, 0.2) is 0 Å². The normalized spacial score (nSPS) is 26.0. The molecule has 1 aromatic rings. The van der Waals surface area contributed by atoms with E-state index in [1.807, 2.05) is 12.1 Å². The van der Waals surface area contributed by atoms with Crippen LogP contribution >= 0.6 is 0 Å². The highest BCUT2D eigenvalue weighted by atomic mass is 16.5. The minimum absolute atomic E-state index is 0.357. The van der Waals surface area contributed by atoms with Gasteiger partial charge in [-0.1, -0.05) is 6.07 Å². The van der Waals surface area contributed by atoms with Gasteiger partial charge in [-0.2, -0.15) is 0 Å². The molecule has 0 saturated carbocycles. The first kappa shape index (κ1) is 16.6. The molecular formula is C17H27N3O3. The first-order chi connectivity index (χ1) is 11.3. The van der Waals surface area contributed by atoms with Gasteiger partial charge in [-0.15, -0.1) is 0 Å². The number of methoxy groups -OCH3 is 2. The number of hydrogen-bond acceptors (Lipinski definition) is 6. The number of ether oxygens (including phenoxy) is 3. The molecule has 1 aromatic heterocycles. The Hall–Kier alpha value is -1.21. The van der Waals surface area contributed by atoms with Crippen molar-refractivity contribution in [2.75, 3.05) is 53.6 Å². The third kappa shape index (κ3) is 4.20. The molecule has 2 fully saturated rings. The Bertz CT molecular complexity index is 500. The lowest BCUT2D eigenvalue weighted by Gasteiger charge is -2.47. The second kappa shape index (κ2) is 8.06. The van der Waals surface area contributed by atoms with E-state index in [0.29, 0.717) is 18.0 Å². The van der Waals surface area contributed by atoms with Crippen LogP contribution in [0.15, 0.2) is 18.2 Å². The molecule has 0 radical (unpaired) electrons. The number of pyridine rings is 1. The second-order valence-electron chi connectivity index (χ2n) is 6.20. The standard InChI is InChI=1S/C17H27N3O3/c1-21-10-8-20-9-11-23-16-6-7-19(13-15(16)20)12-14-4-3-5-17(18-14)22-2/h3-5,15-16H,6-13H2,1-2H3/t15-,16-/m0/s1. The molecule has 6 nitrogen and oxygen atoms in total. The van der Waals surface area contributed by atoms with Gasteiger partial charge >= 0.3 is 0 Å². The van der Waals surface area contributed by atoms with Gasteiger partial charge in [0.2, 0.25) is 5.88 Å². The Labute approximate surface area is 138 Å². The molecule has 3 rings (SSSR count). The molecule has 23 heavy (non-hydrogen) atoms. The van der Waals surface area contributed by atoms with Gasteiger partial charge in [0.25, 0.3) is 0 Å². The van der Waals surface area contributed by atoms with Crippen molar-refractivity contribution < 1.29 is 14.2 Å². The topological polar surface area (TPSA) is 47.1 Å². The molecule has 2 aliphatic heterocycles. The molecule has 2 aliphatic rings. The molecule has 0 N–H and O–H groups in total. The molecule has 2 saturated heterocycles. The van der Waals surface area contributed by atoms with E-state index in [9.17, 15) is 0 Å². The van der Waals surface area contributed by atoms with E-state index in [-0.39, 0.29) is 0 Å². The molecule has 0 spiro atoms. The molecule has 0 bridgehead atoms. The predicted octanol–water partition coefficient (Wildman–Crippen LogP) is 1.01. The van der Waals surface area contributed by atoms with E-state index in [0.717, 1.165) is 58.1 Å². The first-order valence-electron chi connectivity index (χ1n) is 8.37. The predicted molar refractivity (Wildman–Crippen MR) is 87.7 cm³/mol. The summed E-state index contributed by atoms with van der Waals surface area (Å²) in [7, 11) is 3.42. The van der Waals surface area contributed by atoms with Crippen molar-refractivity contribution >= 4 is 0 Å². The van der Waals surface area contributed by atoms with Crippen LogP contribution in [0.2, 0.25) is 0 Å². The third-order valence-electron chi connectivity index (χ3n) is 4.74.